The van der Waals surface area contributed by atoms with E-state index in [0.717, 1.165) is 51.4 Å². The van der Waals surface area contributed by atoms with Crippen molar-refractivity contribution in [2.45, 2.75) is 82.9 Å². The van der Waals surface area contributed by atoms with E-state index in [9.17, 15) is 9.46 Å². The van der Waals surface area contributed by atoms with Crippen molar-refractivity contribution in [3.8, 4) is 0 Å². The normalized spacial score (nSPS) is 34.1. The average molecular weight is 274 g/mol. The minimum atomic E-state index is -3.39. The molecule has 3 nitrogen and oxygen atoms in total. The Bertz CT molecular complexity index is 299. The van der Waals surface area contributed by atoms with Crippen LogP contribution in [0.1, 0.15) is 71.1 Å². The molecule has 0 aliphatic heterocycles. The second-order valence-electron chi connectivity index (χ2n) is 5.95. The predicted octanol–water partition coefficient (Wildman–Crippen LogP) is 4.49. The minimum Gasteiger partial charge on any atom is -0.324 e. The fraction of sp³-hybridized carbons (Fsp3) is 1.00. The molecular formula is C14H27O3P. The first kappa shape index (κ1) is 14.6. The molecule has 2 aliphatic carbocycles. The zero-order valence-corrected chi connectivity index (χ0v) is 12.4. The zero-order valence-electron chi connectivity index (χ0n) is 11.5. The molecule has 2 fully saturated rings. The molecule has 0 aromatic rings. The van der Waals surface area contributed by atoms with Crippen LogP contribution in [-0.4, -0.2) is 16.7 Å². The summed E-state index contributed by atoms with van der Waals surface area (Å²) in [5.41, 5.74) is -0.0920. The van der Waals surface area contributed by atoms with Crippen LogP contribution in [0.25, 0.3) is 0 Å². The highest BCUT2D eigenvalue weighted by molar-refractivity contribution is 7.53. The summed E-state index contributed by atoms with van der Waals surface area (Å²) in [5, 5.41) is 0. The van der Waals surface area contributed by atoms with Gasteiger partial charge in [0.05, 0.1) is 11.8 Å². The Labute approximate surface area is 111 Å². The van der Waals surface area contributed by atoms with Crippen LogP contribution in [-0.2, 0) is 9.09 Å². The first-order valence-electron chi connectivity index (χ1n) is 7.64. The van der Waals surface area contributed by atoms with Crippen LogP contribution in [0.2, 0.25) is 0 Å². The Kier molecular flexibility index (Phi) is 5.29. The van der Waals surface area contributed by atoms with Crippen LogP contribution in [0.15, 0.2) is 0 Å². The first-order valence-corrected chi connectivity index (χ1v) is 9.29. The molecule has 2 saturated carbocycles. The molecule has 1 N–H and O–H groups in total. The fourth-order valence-corrected chi connectivity index (χ4v) is 5.32. The van der Waals surface area contributed by atoms with E-state index in [1.54, 1.807) is 0 Å². The van der Waals surface area contributed by atoms with E-state index in [0.29, 0.717) is 5.92 Å². The third-order valence-electron chi connectivity index (χ3n) is 4.69. The average Bonchev–Trinajstić information content (AvgIpc) is 2.40. The van der Waals surface area contributed by atoms with Crippen LogP contribution in [0, 0.1) is 5.92 Å². The lowest BCUT2D eigenvalue weighted by Crippen LogP contribution is -2.28. The summed E-state index contributed by atoms with van der Waals surface area (Å²) in [6.07, 6.45) is 10.7. The Balaban J connectivity index is 1.94. The summed E-state index contributed by atoms with van der Waals surface area (Å²) in [6.45, 7) is 2.16. The van der Waals surface area contributed by atoms with E-state index in [4.69, 9.17) is 4.52 Å². The van der Waals surface area contributed by atoms with Crippen LogP contribution in [0.5, 0.6) is 0 Å². The molecule has 0 saturated heterocycles. The molecule has 0 spiro atoms. The zero-order chi connectivity index (χ0) is 13.0. The van der Waals surface area contributed by atoms with Crippen LogP contribution in [0.4, 0.5) is 0 Å². The van der Waals surface area contributed by atoms with Gasteiger partial charge in [0.15, 0.2) is 0 Å². The molecule has 18 heavy (non-hydrogen) atoms. The quantitative estimate of drug-likeness (QED) is 0.768. The molecule has 0 aromatic carbocycles. The van der Waals surface area contributed by atoms with Crippen molar-refractivity contribution in [1.82, 2.24) is 0 Å². The standard InChI is InChI=1S/C14H27O3P/c1-2-12-8-6-7-11-14(12)17-18(15,16)13-9-4-3-5-10-13/h12-14H,2-11H2,1H3,(H,15,16). The van der Waals surface area contributed by atoms with Crippen molar-refractivity contribution in [3.63, 3.8) is 0 Å². The number of hydrogen-bond donors (Lipinski definition) is 1. The van der Waals surface area contributed by atoms with Gasteiger partial charge in [0, 0.05) is 0 Å². The molecule has 0 amide bonds. The lowest BCUT2D eigenvalue weighted by atomic mass is 9.85. The lowest BCUT2D eigenvalue weighted by Gasteiger charge is -2.35. The summed E-state index contributed by atoms with van der Waals surface area (Å²) in [6, 6.07) is 0. The van der Waals surface area contributed by atoms with E-state index in [1.165, 1.54) is 12.8 Å². The van der Waals surface area contributed by atoms with Crippen molar-refractivity contribution in [3.05, 3.63) is 0 Å². The molecule has 0 radical (unpaired) electrons. The summed E-state index contributed by atoms with van der Waals surface area (Å²) < 4.78 is 18.2. The highest BCUT2D eigenvalue weighted by Crippen LogP contribution is 2.55. The maximum atomic E-state index is 12.4. The summed E-state index contributed by atoms with van der Waals surface area (Å²) >= 11 is 0. The Morgan fingerprint density at radius 1 is 1.06 bits per heavy atom. The fourth-order valence-electron chi connectivity index (χ4n) is 3.47. The molecule has 2 rings (SSSR count). The van der Waals surface area contributed by atoms with Gasteiger partial charge >= 0.3 is 7.60 Å². The van der Waals surface area contributed by atoms with Crippen LogP contribution >= 0.6 is 7.60 Å². The van der Waals surface area contributed by atoms with Gasteiger partial charge < -0.3 is 9.42 Å². The summed E-state index contributed by atoms with van der Waals surface area (Å²) in [4.78, 5) is 10.2. The molecule has 3 unspecified atom stereocenters. The van der Waals surface area contributed by atoms with Gasteiger partial charge in [-0.2, -0.15) is 0 Å². The SMILES string of the molecule is CCC1CCCCC1OP(=O)(O)C1CCCCC1. The van der Waals surface area contributed by atoms with Gasteiger partial charge in [-0.3, -0.25) is 4.57 Å². The highest BCUT2D eigenvalue weighted by atomic mass is 31.2. The minimum absolute atomic E-state index is 0.0292. The summed E-state index contributed by atoms with van der Waals surface area (Å²) in [5.74, 6) is 0.489. The van der Waals surface area contributed by atoms with Gasteiger partial charge in [-0.25, -0.2) is 0 Å². The molecule has 0 heterocycles. The molecule has 2 aliphatic rings. The van der Waals surface area contributed by atoms with Crippen molar-refractivity contribution >= 4 is 7.60 Å². The topological polar surface area (TPSA) is 46.5 Å². The van der Waals surface area contributed by atoms with E-state index < -0.39 is 7.60 Å². The molecule has 0 aromatic heterocycles. The van der Waals surface area contributed by atoms with Gasteiger partial charge in [-0.1, -0.05) is 45.4 Å². The lowest BCUT2D eigenvalue weighted by molar-refractivity contribution is 0.0742. The van der Waals surface area contributed by atoms with Crippen LogP contribution < -0.4 is 0 Å². The van der Waals surface area contributed by atoms with Crippen molar-refractivity contribution in [2.75, 3.05) is 0 Å². The van der Waals surface area contributed by atoms with Crippen molar-refractivity contribution in [2.24, 2.45) is 5.92 Å². The largest absolute Gasteiger partial charge is 0.331 e. The smallest absolute Gasteiger partial charge is 0.324 e. The number of rotatable bonds is 4. The van der Waals surface area contributed by atoms with E-state index in [2.05, 4.69) is 6.92 Å². The predicted molar refractivity (Wildman–Crippen MR) is 73.8 cm³/mol. The Morgan fingerprint density at radius 3 is 2.33 bits per heavy atom. The summed E-state index contributed by atoms with van der Waals surface area (Å²) in [7, 11) is -3.39. The van der Waals surface area contributed by atoms with E-state index in [-0.39, 0.29) is 11.8 Å². The van der Waals surface area contributed by atoms with Crippen molar-refractivity contribution in [1.29, 1.82) is 0 Å². The van der Waals surface area contributed by atoms with Gasteiger partial charge in [0.2, 0.25) is 0 Å². The Morgan fingerprint density at radius 2 is 1.67 bits per heavy atom. The van der Waals surface area contributed by atoms with Crippen molar-refractivity contribution < 1.29 is 14.0 Å². The van der Waals surface area contributed by atoms with Gasteiger partial charge in [0.25, 0.3) is 0 Å². The monoisotopic (exact) mass is 274 g/mol. The molecule has 3 atom stereocenters. The number of hydrogen-bond acceptors (Lipinski definition) is 2. The van der Waals surface area contributed by atoms with Gasteiger partial charge in [-0.05, 0) is 31.6 Å². The maximum Gasteiger partial charge on any atom is 0.331 e. The van der Waals surface area contributed by atoms with E-state index in [1.807, 2.05) is 0 Å². The molecule has 0 bridgehead atoms. The van der Waals surface area contributed by atoms with Gasteiger partial charge in [0.1, 0.15) is 0 Å². The second kappa shape index (κ2) is 6.54. The molecule has 106 valence electrons. The third-order valence-corrected chi connectivity index (χ3v) is 6.70. The van der Waals surface area contributed by atoms with Crippen LogP contribution in [0.3, 0.4) is 0 Å². The molecular weight excluding hydrogens is 247 g/mol. The highest BCUT2D eigenvalue weighted by Gasteiger charge is 2.38. The Hall–Kier alpha value is 0.150. The third kappa shape index (κ3) is 3.59. The van der Waals surface area contributed by atoms with Gasteiger partial charge in [-0.15, -0.1) is 0 Å². The van der Waals surface area contributed by atoms with E-state index >= 15 is 0 Å². The first-order chi connectivity index (χ1) is 8.63. The maximum absolute atomic E-state index is 12.4. The second-order valence-corrected chi connectivity index (χ2v) is 8.02. The molecule has 4 heteroatoms.